The summed E-state index contributed by atoms with van der Waals surface area (Å²) in [6.07, 6.45) is -1.29. The summed E-state index contributed by atoms with van der Waals surface area (Å²) in [5.41, 5.74) is -1.16. The molecule has 1 N–H and O–H groups in total. The highest BCUT2D eigenvalue weighted by Gasteiger charge is 2.31. The second-order valence-electron chi connectivity index (χ2n) is 3.66. The van der Waals surface area contributed by atoms with Gasteiger partial charge in [-0.25, -0.2) is 9.78 Å². The van der Waals surface area contributed by atoms with E-state index >= 15 is 0 Å². The molecule has 2 aromatic rings. The van der Waals surface area contributed by atoms with Crippen molar-refractivity contribution < 1.29 is 27.8 Å². The Kier molecular flexibility index (Phi) is 3.55. The fraction of sp³-hybridized carbons (Fsp3) is 0.0833. The summed E-state index contributed by atoms with van der Waals surface area (Å²) in [4.78, 5) is 18.2. The molecule has 8 heteroatoms. The second kappa shape index (κ2) is 5.16. The first-order chi connectivity index (χ1) is 9.38. The van der Waals surface area contributed by atoms with Crippen LogP contribution in [0.25, 0.3) is 0 Å². The highest BCUT2D eigenvalue weighted by Crippen LogP contribution is 2.32. The number of aromatic carboxylic acids is 1. The number of hydrogen-bond acceptors (Lipinski definition) is 4. The highest BCUT2D eigenvalue weighted by atomic mass is 19.4. The predicted octanol–water partition coefficient (Wildman–Crippen LogP) is 2.99. The third-order valence-electron chi connectivity index (χ3n) is 2.29. The normalized spacial score (nSPS) is 11.2. The van der Waals surface area contributed by atoms with Crippen molar-refractivity contribution in [3.63, 3.8) is 0 Å². The van der Waals surface area contributed by atoms with E-state index in [0.29, 0.717) is 6.07 Å². The topological polar surface area (TPSA) is 72.3 Å². The van der Waals surface area contributed by atoms with E-state index in [4.69, 9.17) is 9.84 Å². The van der Waals surface area contributed by atoms with E-state index in [1.54, 1.807) is 0 Å². The third kappa shape index (κ3) is 3.02. The van der Waals surface area contributed by atoms with Gasteiger partial charge in [-0.15, -0.1) is 0 Å². The maximum Gasteiger partial charge on any atom is 0.416 e. The molecule has 0 aromatic carbocycles. The van der Waals surface area contributed by atoms with Gasteiger partial charge in [-0.3, -0.25) is 4.98 Å². The Morgan fingerprint density at radius 3 is 2.65 bits per heavy atom. The van der Waals surface area contributed by atoms with Gasteiger partial charge in [0.15, 0.2) is 5.75 Å². The lowest BCUT2D eigenvalue weighted by atomic mass is 10.2. The van der Waals surface area contributed by atoms with Crippen molar-refractivity contribution in [3.05, 3.63) is 47.9 Å². The van der Waals surface area contributed by atoms with Gasteiger partial charge in [0.2, 0.25) is 5.88 Å². The van der Waals surface area contributed by atoms with Crippen LogP contribution in [0.2, 0.25) is 0 Å². The minimum absolute atomic E-state index is 0.188. The summed E-state index contributed by atoms with van der Waals surface area (Å²) in [5.74, 6) is -1.84. The van der Waals surface area contributed by atoms with Gasteiger partial charge in [0.1, 0.15) is 5.56 Å². The quantitative estimate of drug-likeness (QED) is 0.938. The van der Waals surface area contributed by atoms with Crippen LogP contribution in [0.4, 0.5) is 13.2 Å². The molecule has 0 amide bonds. The van der Waals surface area contributed by atoms with Crippen molar-refractivity contribution in [3.8, 4) is 11.6 Å². The summed E-state index contributed by atoms with van der Waals surface area (Å²) >= 11 is 0. The molecular weight excluding hydrogens is 277 g/mol. The van der Waals surface area contributed by atoms with Gasteiger partial charge in [0, 0.05) is 18.5 Å². The highest BCUT2D eigenvalue weighted by molar-refractivity contribution is 5.90. The summed E-state index contributed by atoms with van der Waals surface area (Å²) < 4.78 is 42.6. The van der Waals surface area contributed by atoms with Crippen LogP contribution in [0.5, 0.6) is 11.6 Å². The lowest BCUT2D eigenvalue weighted by molar-refractivity contribution is -0.137. The summed E-state index contributed by atoms with van der Waals surface area (Å²) in [6.45, 7) is 0. The van der Waals surface area contributed by atoms with Gasteiger partial charge >= 0.3 is 12.1 Å². The molecule has 2 heterocycles. The molecule has 104 valence electrons. The number of alkyl halides is 3. The monoisotopic (exact) mass is 284 g/mol. The van der Waals surface area contributed by atoms with Gasteiger partial charge in [-0.05, 0) is 12.1 Å². The summed E-state index contributed by atoms with van der Waals surface area (Å²) in [6, 6.07) is 2.64. The zero-order chi connectivity index (χ0) is 14.8. The minimum Gasteiger partial charge on any atom is -0.478 e. The molecule has 20 heavy (non-hydrogen) atoms. The molecule has 0 aliphatic heterocycles. The largest absolute Gasteiger partial charge is 0.478 e. The number of hydrogen-bond donors (Lipinski definition) is 1. The first-order valence-electron chi connectivity index (χ1n) is 5.26. The number of rotatable bonds is 3. The maximum atomic E-state index is 12.5. The Bertz CT molecular complexity index is 644. The van der Waals surface area contributed by atoms with Crippen LogP contribution >= 0.6 is 0 Å². The van der Waals surface area contributed by atoms with Gasteiger partial charge in [-0.2, -0.15) is 13.2 Å². The minimum atomic E-state index is -4.54. The molecule has 0 aliphatic rings. The van der Waals surface area contributed by atoms with Crippen LogP contribution < -0.4 is 4.74 Å². The smallest absolute Gasteiger partial charge is 0.416 e. The van der Waals surface area contributed by atoms with E-state index in [-0.39, 0.29) is 17.2 Å². The molecule has 0 atom stereocenters. The molecule has 0 saturated carbocycles. The molecule has 0 spiro atoms. The molecule has 0 fully saturated rings. The molecule has 2 aromatic heterocycles. The van der Waals surface area contributed by atoms with Gasteiger partial charge < -0.3 is 9.84 Å². The first-order valence-corrected chi connectivity index (χ1v) is 5.26. The fourth-order valence-corrected chi connectivity index (χ4v) is 1.39. The fourth-order valence-electron chi connectivity index (χ4n) is 1.39. The van der Waals surface area contributed by atoms with Crippen molar-refractivity contribution in [1.29, 1.82) is 0 Å². The molecule has 0 radical (unpaired) electrons. The second-order valence-corrected chi connectivity index (χ2v) is 3.66. The van der Waals surface area contributed by atoms with E-state index in [2.05, 4.69) is 9.97 Å². The van der Waals surface area contributed by atoms with E-state index in [1.807, 2.05) is 0 Å². The molecule has 0 aliphatic carbocycles. The Morgan fingerprint density at radius 2 is 2.00 bits per heavy atom. The number of ether oxygens (including phenoxy) is 1. The van der Waals surface area contributed by atoms with Crippen LogP contribution in [-0.2, 0) is 6.18 Å². The van der Waals surface area contributed by atoms with Gasteiger partial charge in [0.05, 0.1) is 11.8 Å². The lowest BCUT2D eigenvalue weighted by Gasteiger charge is -2.10. The van der Waals surface area contributed by atoms with Crippen LogP contribution in [0.1, 0.15) is 15.9 Å². The van der Waals surface area contributed by atoms with Crippen molar-refractivity contribution in [2.45, 2.75) is 6.18 Å². The zero-order valence-corrected chi connectivity index (χ0v) is 9.76. The predicted molar refractivity (Wildman–Crippen MR) is 60.5 cm³/mol. The number of carbonyl (C=O) groups is 1. The van der Waals surface area contributed by atoms with E-state index in [9.17, 15) is 18.0 Å². The average molecular weight is 284 g/mol. The van der Waals surface area contributed by atoms with Gasteiger partial charge in [-0.1, -0.05) is 0 Å². The van der Waals surface area contributed by atoms with Gasteiger partial charge in [0.25, 0.3) is 0 Å². The van der Waals surface area contributed by atoms with Crippen molar-refractivity contribution in [2.75, 3.05) is 0 Å². The Morgan fingerprint density at radius 1 is 1.25 bits per heavy atom. The SMILES string of the molecule is O=C(O)c1ccncc1Oc1cc(C(F)(F)F)ccn1. The Labute approximate surface area is 110 Å². The molecule has 2 rings (SSSR count). The third-order valence-corrected chi connectivity index (χ3v) is 2.29. The number of pyridine rings is 2. The summed E-state index contributed by atoms with van der Waals surface area (Å²) in [7, 11) is 0. The number of carboxylic acid groups (broad SMARTS) is 1. The molecule has 5 nitrogen and oxygen atoms in total. The van der Waals surface area contributed by atoms with Crippen LogP contribution in [-0.4, -0.2) is 21.0 Å². The number of halogens is 3. The number of carboxylic acids is 1. The lowest BCUT2D eigenvalue weighted by Crippen LogP contribution is -2.06. The van der Waals surface area contributed by atoms with E-state index in [1.165, 1.54) is 12.3 Å². The van der Waals surface area contributed by atoms with Crippen molar-refractivity contribution >= 4 is 5.97 Å². The van der Waals surface area contributed by atoms with Crippen LogP contribution in [0.15, 0.2) is 36.8 Å². The van der Waals surface area contributed by atoms with Crippen LogP contribution in [0, 0.1) is 0 Å². The first kappa shape index (κ1) is 13.8. The number of nitrogens with zero attached hydrogens (tertiary/aromatic N) is 2. The molecule has 0 unspecified atom stereocenters. The number of aromatic nitrogens is 2. The molecule has 0 bridgehead atoms. The van der Waals surface area contributed by atoms with E-state index < -0.39 is 17.7 Å². The summed E-state index contributed by atoms with van der Waals surface area (Å²) in [5, 5.41) is 8.92. The molecule has 0 saturated heterocycles. The van der Waals surface area contributed by atoms with Crippen molar-refractivity contribution in [1.82, 2.24) is 9.97 Å². The Hall–Kier alpha value is -2.64. The zero-order valence-electron chi connectivity index (χ0n) is 9.76. The molecular formula is C12H7F3N2O3. The van der Waals surface area contributed by atoms with Crippen molar-refractivity contribution in [2.24, 2.45) is 0 Å². The maximum absolute atomic E-state index is 12.5. The Balaban J connectivity index is 2.34. The van der Waals surface area contributed by atoms with E-state index in [0.717, 1.165) is 18.5 Å². The van der Waals surface area contributed by atoms with Crippen LogP contribution in [0.3, 0.4) is 0 Å². The standard InChI is InChI=1S/C12H7F3N2O3/c13-12(14,15)7-1-4-17-10(5-7)20-9-6-16-3-2-8(9)11(18)19/h1-6H,(H,18,19). The average Bonchev–Trinajstić information content (AvgIpc) is 2.38.